The second-order valence-electron chi connectivity index (χ2n) is 9.36. The molecule has 0 amide bonds. The number of carboxylic acids is 1. The highest BCUT2D eigenvalue weighted by Crippen LogP contribution is 2.20. The lowest BCUT2D eigenvalue weighted by atomic mass is 10.1. The lowest BCUT2D eigenvalue weighted by Gasteiger charge is -2.24. The Morgan fingerprint density at radius 2 is 1.95 bits per heavy atom. The molecule has 40 heavy (non-hydrogen) atoms. The van der Waals surface area contributed by atoms with E-state index in [1.54, 1.807) is 24.4 Å². The molecular weight excluding hydrogens is 511 g/mol. The molecule has 2 aromatic heterocycles. The van der Waals surface area contributed by atoms with Gasteiger partial charge in [-0.25, -0.2) is 24.1 Å². The van der Waals surface area contributed by atoms with E-state index >= 15 is 0 Å². The van der Waals surface area contributed by atoms with E-state index in [4.69, 9.17) is 9.72 Å². The molecule has 1 aromatic carbocycles. The minimum Gasteiger partial charge on any atom is -0.492 e. The quantitative estimate of drug-likeness (QED) is 0.223. The lowest BCUT2D eigenvalue weighted by Crippen LogP contribution is -2.37. The van der Waals surface area contributed by atoms with Crippen LogP contribution in [0.3, 0.4) is 0 Å². The minimum absolute atomic E-state index is 0.306. The number of aryl methyl sites for hydroxylation is 2. The predicted molar refractivity (Wildman–Crippen MR) is 155 cm³/mol. The summed E-state index contributed by atoms with van der Waals surface area (Å²) in [7, 11) is 0. The van der Waals surface area contributed by atoms with Gasteiger partial charge in [0.25, 0.3) is 0 Å². The topological polar surface area (TPSA) is 112 Å². The average molecular weight is 553 g/mol. The van der Waals surface area contributed by atoms with Crippen molar-refractivity contribution in [3.05, 3.63) is 72.1 Å². The van der Waals surface area contributed by atoms with Crippen LogP contribution >= 0.6 is 0 Å². The fraction of sp³-hybridized carbons (Fsp3) is 0.467. The molecule has 1 unspecified atom stereocenters. The fourth-order valence-electron chi connectivity index (χ4n) is 4.43. The van der Waals surface area contributed by atoms with Gasteiger partial charge in [0.05, 0.1) is 0 Å². The number of aromatic nitrogens is 3. The number of anilines is 2. The maximum absolute atomic E-state index is 13.2. The number of hydrogen-bond donors (Lipinski definition) is 3. The van der Waals surface area contributed by atoms with Gasteiger partial charge in [0.15, 0.2) is 0 Å². The number of fused-ring (bicyclic) bond motifs is 1. The van der Waals surface area contributed by atoms with Gasteiger partial charge >= 0.3 is 5.97 Å². The Labute approximate surface area is 236 Å². The van der Waals surface area contributed by atoms with Gasteiger partial charge in [-0.3, -0.25) is 4.90 Å². The number of carboxylic acid groups (broad SMARTS) is 1. The number of unbranched alkanes of at least 4 members (excludes halogenated alkanes) is 1. The Morgan fingerprint density at radius 3 is 2.70 bits per heavy atom. The Morgan fingerprint density at radius 1 is 1.12 bits per heavy atom. The summed E-state index contributed by atoms with van der Waals surface area (Å²) in [6, 6.07) is 11.1. The van der Waals surface area contributed by atoms with Crippen LogP contribution in [0.5, 0.6) is 5.75 Å². The van der Waals surface area contributed by atoms with Crippen molar-refractivity contribution in [3.63, 3.8) is 0 Å². The third-order valence-electron chi connectivity index (χ3n) is 6.54. The number of rotatable bonds is 15. The number of benzene rings is 1. The molecule has 0 radical (unpaired) electrons. The van der Waals surface area contributed by atoms with Gasteiger partial charge in [0, 0.05) is 31.5 Å². The summed E-state index contributed by atoms with van der Waals surface area (Å²) in [4.78, 5) is 26.8. The van der Waals surface area contributed by atoms with E-state index in [-0.39, 0.29) is 5.82 Å². The van der Waals surface area contributed by atoms with E-state index in [0.717, 1.165) is 56.7 Å². The van der Waals surface area contributed by atoms with Gasteiger partial charge in [-0.2, -0.15) is 0 Å². The molecule has 3 N–H and O–H groups in total. The molecule has 10 heteroatoms. The highest BCUT2D eigenvalue weighted by Gasteiger charge is 2.19. The molecule has 216 valence electrons. The standard InChI is InChI=1S/C28H35FN6O3.C2H6/c29-22-7-10-24(11-8-22)38-19-18-35(17-13-25(28(36)37)34-26-12-15-30-20-32-26)16-2-1-5-23-9-6-21-4-3-14-31-27(21)33-23;1-2/h6-12,15,20,25H,1-5,13-14,16-19H2,(H,31,33)(H,36,37)(H,30,32,34);1-2H3. The maximum atomic E-state index is 13.2. The van der Waals surface area contributed by atoms with E-state index in [2.05, 4.69) is 37.6 Å². The summed E-state index contributed by atoms with van der Waals surface area (Å²) in [5, 5.41) is 16.1. The fourth-order valence-corrected chi connectivity index (χ4v) is 4.43. The minimum atomic E-state index is -0.932. The third kappa shape index (κ3) is 10.4. The van der Waals surface area contributed by atoms with Crippen LogP contribution in [0.4, 0.5) is 16.0 Å². The van der Waals surface area contributed by atoms with Crippen LogP contribution in [0.2, 0.25) is 0 Å². The summed E-state index contributed by atoms with van der Waals surface area (Å²) >= 11 is 0. The first kappa shape index (κ1) is 30.7. The molecule has 0 spiro atoms. The molecule has 3 aromatic rings. The number of halogens is 1. The van der Waals surface area contributed by atoms with Gasteiger partial charge in [0.1, 0.15) is 42.2 Å². The first-order chi connectivity index (χ1) is 19.6. The molecule has 4 rings (SSSR count). The lowest BCUT2D eigenvalue weighted by molar-refractivity contribution is -0.138. The van der Waals surface area contributed by atoms with Gasteiger partial charge in [-0.15, -0.1) is 0 Å². The molecule has 1 aliphatic rings. The predicted octanol–water partition coefficient (Wildman–Crippen LogP) is 5.05. The van der Waals surface area contributed by atoms with Crippen molar-refractivity contribution in [3.8, 4) is 5.75 Å². The summed E-state index contributed by atoms with van der Waals surface area (Å²) < 4.78 is 19.0. The van der Waals surface area contributed by atoms with Crippen molar-refractivity contribution in [2.75, 3.05) is 43.4 Å². The van der Waals surface area contributed by atoms with E-state index in [9.17, 15) is 14.3 Å². The van der Waals surface area contributed by atoms with Crippen molar-refractivity contribution < 1.29 is 19.0 Å². The average Bonchev–Trinajstić information content (AvgIpc) is 2.99. The monoisotopic (exact) mass is 552 g/mol. The van der Waals surface area contributed by atoms with Crippen molar-refractivity contribution in [2.24, 2.45) is 0 Å². The van der Waals surface area contributed by atoms with Crippen LogP contribution in [0.25, 0.3) is 0 Å². The van der Waals surface area contributed by atoms with Gasteiger partial charge in [-0.1, -0.05) is 19.9 Å². The van der Waals surface area contributed by atoms with Crippen LogP contribution in [0.15, 0.2) is 55.0 Å². The summed E-state index contributed by atoms with van der Waals surface area (Å²) in [6.07, 6.45) is 8.38. The number of nitrogens with zero attached hydrogens (tertiary/aromatic N) is 4. The molecule has 0 saturated carbocycles. The van der Waals surface area contributed by atoms with E-state index in [1.807, 2.05) is 13.8 Å². The first-order valence-corrected chi connectivity index (χ1v) is 14.2. The number of pyridine rings is 1. The number of hydrogen-bond acceptors (Lipinski definition) is 8. The summed E-state index contributed by atoms with van der Waals surface area (Å²) in [5.74, 6) is 0.861. The third-order valence-corrected chi connectivity index (χ3v) is 6.54. The smallest absolute Gasteiger partial charge is 0.326 e. The molecule has 0 saturated heterocycles. The molecule has 1 atom stereocenters. The molecular formula is C30H41FN6O3. The van der Waals surface area contributed by atoms with Crippen LogP contribution in [-0.2, 0) is 17.6 Å². The zero-order valence-corrected chi connectivity index (χ0v) is 23.5. The number of carbonyl (C=O) groups is 1. The van der Waals surface area contributed by atoms with Crippen LogP contribution in [-0.4, -0.2) is 69.8 Å². The number of ether oxygens (including phenoxy) is 1. The second-order valence-corrected chi connectivity index (χ2v) is 9.36. The van der Waals surface area contributed by atoms with Crippen molar-refractivity contribution >= 4 is 17.6 Å². The molecule has 0 bridgehead atoms. The first-order valence-electron chi connectivity index (χ1n) is 14.2. The molecule has 0 fully saturated rings. The number of aliphatic carboxylic acids is 1. The second kappa shape index (κ2) is 17.0. The van der Waals surface area contributed by atoms with Crippen molar-refractivity contribution in [1.29, 1.82) is 0 Å². The van der Waals surface area contributed by atoms with Gasteiger partial charge in [-0.05, 0) is 87.0 Å². The highest BCUT2D eigenvalue weighted by atomic mass is 19.1. The Balaban J connectivity index is 0.00000216. The van der Waals surface area contributed by atoms with E-state index in [0.29, 0.717) is 37.7 Å². The largest absolute Gasteiger partial charge is 0.492 e. The Kier molecular flexibility index (Phi) is 13.1. The number of nitrogens with one attached hydrogen (secondary N) is 2. The maximum Gasteiger partial charge on any atom is 0.326 e. The van der Waals surface area contributed by atoms with Crippen LogP contribution in [0, 0.1) is 5.82 Å². The summed E-state index contributed by atoms with van der Waals surface area (Å²) in [5.41, 5.74) is 2.38. The van der Waals surface area contributed by atoms with E-state index < -0.39 is 12.0 Å². The van der Waals surface area contributed by atoms with Gasteiger partial charge in [0.2, 0.25) is 0 Å². The Bertz CT molecular complexity index is 1150. The zero-order valence-electron chi connectivity index (χ0n) is 23.5. The molecule has 9 nitrogen and oxygen atoms in total. The molecule has 0 aliphatic carbocycles. The van der Waals surface area contributed by atoms with Gasteiger partial charge < -0.3 is 20.5 Å². The van der Waals surface area contributed by atoms with Crippen molar-refractivity contribution in [2.45, 2.75) is 58.4 Å². The normalized spacial score (nSPS) is 12.9. The molecule has 3 heterocycles. The van der Waals surface area contributed by atoms with Crippen LogP contribution < -0.4 is 15.4 Å². The van der Waals surface area contributed by atoms with Crippen LogP contribution in [0.1, 0.15) is 50.8 Å². The highest BCUT2D eigenvalue weighted by molar-refractivity contribution is 5.76. The summed E-state index contributed by atoms with van der Waals surface area (Å²) in [6.45, 7) is 7.39. The van der Waals surface area contributed by atoms with Crippen molar-refractivity contribution in [1.82, 2.24) is 19.9 Å². The molecule has 1 aliphatic heterocycles. The zero-order chi connectivity index (χ0) is 28.6. The van der Waals surface area contributed by atoms with E-state index in [1.165, 1.54) is 24.0 Å². The SMILES string of the molecule is CC.O=C(O)C(CCN(CCCCc1ccc2c(n1)NCCC2)CCOc1ccc(F)cc1)Nc1ccncn1. The Hall–Kier alpha value is -3.79.